The van der Waals surface area contributed by atoms with Gasteiger partial charge in [-0.15, -0.1) is 0 Å². The highest BCUT2D eigenvalue weighted by Crippen LogP contribution is 2.33. The van der Waals surface area contributed by atoms with Gasteiger partial charge in [0, 0.05) is 37.0 Å². The van der Waals surface area contributed by atoms with Crippen LogP contribution in [-0.4, -0.2) is 38.3 Å². The van der Waals surface area contributed by atoms with Crippen molar-refractivity contribution < 1.29 is 9.84 Å². The van der Waals surface area contributed by atoms with Gasteiger partial charge in [0.05, 0.1) is 24.1 Å². The van der Waals surface area contributed by atoms with Crippen molar-refractivity contribution in [2.75, 3.05) is 13.7 Å². The van der Waals surface area contributed by atoms with Gasteiger partial charge in [0.25, 0.3) is 0 Å². The van der Waals surface area contributed by atoms with E-state index in [0.717, 1.165) is 45.8 Å². The number of rotatable bonds is 6. The van der Waals surface area contributed by atoms with Crippen molar-refractivity contribution in [2.45, 2.75) is 46.0 Å². The minimum atomic E-state index is 0.0140. The molecule has 0 saturated heterocycles. The number of aliphatic hydroxyl groups is 1. The average Bonchev–Trinajstić information content (AvgIpc) is 3.01. The second kappa shape index (κ2) is 7.64. The molecule has 1 atom stereocenters. The van der Waals surface area contributed by atoms with E-state index < -0.39 is 0 Å². The molecule has 1 N–H and O–H groups in total. The van der Waals surface area contributed by atoms with E-state index in [4.69, 9.17) is 14.7 Å². The third-order valence-corrected chi connectivity index (χ3v) is 4.95. The number of hydrogen-bond acceptors (Lipinski definition) is 5. The van der Waals surface area contributed by atoms with Crippen LogP contribution in [0.2, 0.25) is 0 Å². The van der Waals surface area contributed by atoms with Crippen LogP contribution >= 0.6 is 0 Å². The summed E-state index contributed by atoms with van der Waals surface area (Å²) in [5.41, 5.74) is 6.21. The maximum absolute atomic E-state index is 9.57. The molecule has 0 bridgehead atoms. The molecule has 3 rings (SSSR count). The summed E-state index contributed by atoms with van der Waals surface area (Å²) in [6, 6.07) is 4.05. The number of nitrogens with zero attached hydrogens (tertiary/aromatic N) is 4. The van der Waals surface area contributed by atoms with Gasteiger partial charge >= 0.3 is 0 Å². The molecule has 0 amide bonds. The van der Waals surface area contributed by atoms with Gasteiger partial charge in [0.15, 0.2) is 5.65 Å². The zero-order chi connectivity index (χ0) is 19.7. The molecular formula is C21H28N4O2. The highest BCUT2D eigenvalue weighted by molar-refractivity contribution is 5.81. The number of pyridine rings is 1. The SMILES string of the molecule is CCc1nc2c([C@H](C)CO)cn(C)c2nc1-c1ccc(C(C)C)nc1OC. The Balaban J connectivity index is 2.25. The van der Waals surface area contributed by atoms with E-state index >= 15 is 0 Å². The van der Waals surface area contributed by atoms with Gasteiger partial charge in [-0.2, -0.15) is 0 Å². The summed E-state index contributed by atoms with van der Waals surface area (Å²) in [5.74, 6) is 0.908. The quantitative estimate of drug-likeness (QED) is 0.716. The van der Waals surface area contributed by atoms with Crippen LogP contribution in [0.25, 0.3) is 22.4 Å². The Kier molecular flexibility index (Phi) is 5.46. The third-order valence-electron chi connectivity index (χ3n) is 4.95. The van der Waals surface area contributed by atoms with Crippen LogP contribution in [0.15, 0.2) is 18.3 Å². The van der Waals surface area contributed by atoms with Gasteiger partial charge in [-0.1, -0.05) is 27.7 Å². The predicted octanol–water partition coefficient (Wildman–Crippen LogP) is 3.82. The van der Waals surface area contributed by atoms with E-state index in [1.807, 2.05) is 36.9 Å². The summed E-state index contributed by atoms with van der Waals surface area (Å²) in [4.78, 5) is 14.5. The van der Waals surface area contributed by atoms with Crippen molar-refractivity contribution >= 4 is 11.2 Å². The van der Waals surface area contributed by atoms with Gasteiger partial charge in [-0.25, -0.2) is 15.0 Å². The predicted molar refractivity (Wildman–Crippen MR) is 107 cm³/mol. The van der Waals surface area contributed by atoms with Crippen LogP contribution in [0.5, 0.6) is 5.88 Å². The van der Waals surface area contributed by atoms with Crippen molar-refractivity contribution in [1.29, 1.82) is 0 Å². The highest BCUT2D eigenvalue weighted by Gasteiger charge is 2.21. The lowest BCUT2D eigenvalue weighted by Gasteiger charge is -2.14. The Morgan fingerprint density at radius 3 is 2.48 bits per heavy atom. The number of aryl methyl sites for hydroxylation is 2. The first kappa shape index (κ1) is 19.3. The van der Waals surface area contributed by atoms with Gasteiger partial charge in [0.2, 0.25) is 5.88 Å². The highest BCUT2D eigenvalue weighted by atomic mass is 16.5. The Hall–Kier alpha value is -2.47. The molecule has 6 nitrogen and oxygen atoms in total. The number of methoxy groups -OCH3 is 1. The summed E-state index contributed by atoms with van der Waals surface area (Å²) in [7, 11) is 3.59. The Morgan fingerprint density at radius 1 is 1.15 bits per heavy atom. The van der Waals surface area contributed by atoms with Crippen LogP contribution in [0.4, 0.5) is 0 Å². The summed E-state index contributed by atoms with van der Waals surface area (Å²) >= 11 is 0. The van der Waals surface area contributed by atoms with Crippen LogP contribution in [0.1, 0.15) is 56.5 Å². The molecule has 3 aromatic heterocycles. The maximum Gasteiger partial charge on any atom is 0.222 e. The van der Waals surface area contributed by atoms with Gasteiger partial charge < -0.3 is 14.4 Å². The standard InChI is InChI=1S/C21H28N4O2/c1-7-16-18(14-8-9-17(12(2)3)23-21(14)27-6)24-20-19(22-16)15(10-25(20)5)13(4)11-26/h8-10,12-13,26H,7,11H2,1-6H3/t13-/m1/s1. The lowest BCUT2D eigenvalue weighted by atomic mass is 10.0. The first-order valence-electron chi connectivity index (χ1n) is 9.43. The minimum absolute atomic E-state index is 0.0140. The van der Waals surface area contributed by atoms with E-state index in [2.05, 4.69) is 25.8 Å². The second-order valence-corrected chi connectivity index (χ2v) is 7.27. The average molecular weight is 368 g/mol. The van der Waals surface area contributed by atoms with Crippen LogP contribution in [0, 0.1) is 0 Å². The van der Waals surface area contributed by atoms with E-state index in [-0.39, 0.29) is 12.5 Å². The summed E-state index contributed by atoms with van der Waals surface area (Å²) in [6.07, 6.45) is 2.75. The fourth-order valence-corrected chi connectivity index (χ4v) is 3.27. The van der Waals surface area contributed by atoms with E-state index in [0.29, 0.717) is 11.8 Å². The number of ether oxygens (including phenoxy) is 1. The topological polar surface area (TPSA) is 73.1 Å². The molecule has 0 aromatic carbocycles. The van der Waals surface area contributed by atoms with Crippen molar-refractivity contribution in [1.82, 2.24) is 19.5 Å². The van der Waals surface area contributed by atoms with Gasteiger partial charge in [-0.05, 0) is 24.5 Å². The Bertz CT molecular complexity index is 962. The molecule has 144 valence electrons. The maximum atomic E-state index is 9.57. The molecule has 0 unspecified atom stereocenters. The summed E-state index contributed by atoms with van der Waals surface area (Å²) in [5, 5.41) is 9.57. The van der Waals surface area contributed by atoms with E-state index in [1.165, 1.54) is 0 Å². The second-order valence-electron chi connectivity index (χ2n) is 7.27. The van der Waals surface area contributed by atoms with Crippen LogP contribution < -0.4 is 4.74 Å². The minimum Gasteiger partial charge on any atom is -0.480 e. The first-order chi connectivity index (χ1) is 12.9. The molecule has 3 heterocycles. The smallest absolute Gasteiger partial charge is 0.222 e. The van der Waals surface area contributed by atoms with Crippen molar-refractivity contribution in [3.05, 3.63) is 35.3 Å². The van der Waals surface area contributed by atoms with Crippen molar-refractivity contribution in [2.24, 2.45) is 7.05 Å². The molecule has 6 heteroatoms. The summed E-state index contributed by atoms with van der Waals surface area (Å²) < 4.78 is 7.54. The van der Waals surface area contributed by atoms with Crippen LogP contribution in [-0.2, 0) is 13.5 Å². The van der Waals surface area contributed by atoms with Gasteiger partial charge in [0.1, 0.15) is 5.52 Å². The fraction of sp³-hybridized carbons (Fsp3) is 0.476. The molecule has 0 aliphatic carbocycles. The number of hydrogen-bond donors (Lipinski definition) is 1. The molecule has 0 aliphatic rings. The molecule has 0 spiro atoms. The molecular weight excluding hydrogens is 340 g/mol. The third kappa shape index (κ3) is 3.41. The molecule has 0 fully saturated rings. The van der Waals surface area contributed by atoms with E-state index in [1.54, 1.807) is 7.11 Å². The largest absolute Gasteiger partial charge is 0.480 e. The first-order valence-corrected chi connectivity index (χ1v) is 9.43. The lowest BCUT2D eigenvalue weighted by Crippen LogP contribution is -2.04. The fourth-order valence-electron chi connectivity index (χ4n) is 3.27. The number of aliphatic hydroxyl groups excluding tert-OH is 1. The van der Waals surface area contributed by atoms with Crippen molar-refractivity contribution in [3.63, 3.8) is 0 Å². The van der Waals surface area contributed by atoms with Crippen molar-refractivity contribution in [3.8, 4) is 17.1 Å². The lowest BCUT2D eigenvalue weighted by molar-refractivity contribution is 0.273. The van der Waals surface area contributed by atoms with Crippen LogP contribution in [0.3, 0.4) is 0 Å². The molecule has 27 heavy (non-hydrogen) atoms. The monoisotopic (exact) mass is 368 g/mol. The zero-order valence-corrected chi connectivity index (χ0v) is 16.9. The molecule has 3 aromatic rings. The summed E-state index contributed by atoms with van der Waals surface area (Å²) in [6.45, 7) is 8.36. The zero-order valence-electron chi connectivity index (χ0n) is 16.9. The molecule has 0 aliphatic heterocycles. The van der Waals surface area contributed by atoms with Gasteiger partial charge in [-0.3, -0.25) is 0 Å². The Labute approximate surface area is 160 Å². The molecule has 0 saturated carbocycles. The number of fused-ring (bicyclic) bond motifs is 1. The van der Waals surface area contributed by atoms with E-state index in [9.17, 15) is 5.11 Å². The molecule has 0 radical (unpaired) electrons. The Morgan fingerprint density at radius 2 is 1.89 bits per heavy atom. The normalized spacial score (nSPS) is 12.7. The number of aromatic nitrogens is 4.